The minimum atomic E-state index is -4.65. The van der Waals surface area contributed by atoms with Crippen molar-refractivity contribution in [2.75, 3.05) is 13.1 Å². The highest BCUT2D eigenvalue weighted by molar-refractivity contribution is 7.82. The highest BCUT2D eigenvalue weighted by Gasteiger charge is 2.50. The third-order valence-electron chi connectivity index (χ3n) is 7.37. The molecule has 0 spiro atoms. The SMILES string of the molecule is Cn1ccnc1S(=O)N1CCC2=Cc3c(cnn3-c3ccc(F)cc3)CC2(C(=O)c2cc(C(F)(F)F)ccn2)C1. The van der Waals surface area contributed by atoms with E-state index in [0.717, 1.165) is 18.3 Å². The van der Waals surface area contributed by atoms with Crippen molar-refractivity contribution in [3.63, 3.8) is 0 Å². The van der Waals surface area contributed by atoms with Crippen LogP contribution in [0.5, 0.6) is 0 Å². The molecule has 1 fully saturated rings. The number of imidazole rings is 1. The Bertz CT molecular complexity index is 1680. The van der Waals surface area contributed by atoms with Crippen LogP contribution >= 0.6 is 0 Å². The first-order valence-electron chi connectivity index (χ1n) is 12.3. The van der Waals surface area contributed by atoms with E-state index in [4.69, 9.17) is 0 Å². The van der Waals surface area contributed by atoms with Gasteiger partial charge in [0.25, 0.3) is 0 Å². The van der Waals surface area contributed by atoms with Crippen molar-refractivity contribution < 1.29 is 26.6 Å². The van der Waals surface area contributed by atoms with Crippen LogP contribution in [-0.4, -0.2) is 51.7 Å². The van der Waals surface area contributed by atoms with Crippen LogP contribution in [0, 0.1) is 11.2 Å². The predicted octanol–water partition coefficient (Wildman–Crippen LogP) is 4.40. The van der Waals surface area contributed by atoms with Gasteiger partial charge in [-0.2, -0.15) is 18.3 Å². The Kier molecular flexibility index (Phi) is 6.30. The number of piperidine rings is 1. The fourth-order valence-corrected chi connectivity index (χ4v) is 6.64. The van der Waals surface area contributed by atoms with E-state index in [0.29, 0.717) is 40.6 Å². The van der Waals surface area contributed by atoms with Gasteiger partial charge in [-0.25, -0.2) is 22.6 Å². The molecule has 6 rings (SSSR count). The van der Waals surface area contributed by atoms with Crippen molar-refractivity contribution in [1.29, 1.82) is 0 Å². The van der Waals surface area contributed by atoms with Gasteiger partial charge in [-0.3, -0.25) is 9.78 Å². The first-order chi connectivity index (χ1) is 19.1. The standard InChI is InChI=1S/C27H22F4N6O2S/c1-35-11-9-33-25(35)40(39)36-10-7-18-13-23-17(15-34-37(23)21-4-2-20(28)3-5-21)14-26(18,16-36)24(38)22-12-19(6-8-32-22)27(29,30)31/h2-6,8-9,11-13,15H,7,10,14,16H2,1H3. The zero-order valence-electron chi connectivity index (χ0n) is 21.1. The Morgan fingerprint density at radius 1 is 1.10 bits per heavy atom. The van der Waals surface area contributed by atoms with Gasteiger partial charge in [0.2, 0.25) is 5.16 Å². The fraction of sp³-hybridized carbons (Fsp3) is 0.259. The van der Waals surface area contributed by atoms with Crippen molar-refractivity contribution in [3.05, 3.63) is 95.1 Å². The largest absolute Gasteiger partial charge is 0.416 e. The van der Waals surface area contributed by atoms with E-state index < -0.39 is 39.7 Å². The van der Waals surface area contributed by atoms with Gasteiger partial charge in [0.05, 0.1) is 28.6 Å². The minimum absolute atomic E-state index is 0.0176. The maximum atomic E-state index is 14.2. The number of hydrogen-bond acceptors (Lipinski definition) is 5. The summed E-state index contributed by atoms with van der Waals surface area (Å²) in [5.74, 6) is -0.985. The molecular weight excluding hydrogens is 548 g/mol. The van der Waals surface area contributed by atoms with E-state index in [1.165, 1.54) is 18.3 Å². The Labute approximate surface area is 228 Å². The third kappa shape index (κ3) is 4.38. The highest BCUT2D eigenvalue weighted by atomic mass is 32.2. The van der Waals surface area contributed by atoms with Gasteiger partial charge in [-0.1, -0.05) is 5.57 Å². The summed E-state index contributed by atoms with van der Waals surface area (Å²) >= 11 is 0. The second-order valence-electron chi connectivity index (χ2n) is 9.81. The summed E-state index contributed by atoms with van der Waals surface area (Å²) < 4.78 is 72.5. The lowest BCUT2D eigenvalue weighted by Crippen LogP contribution is -2.52. The molecule has 0 N–H and O–H groups in total. The number of aromatic nitrogens is 5. The van der Waals surface area contributed by atoms with E-state index in [2.05, 4.69) is 15.1 Å². The zero-order valence-corrected chi connectivity index (χ0v) is 21.9. The average molecular weight is 571 g/mol. The summed E-state index contributed by atoms with van der Waals surface area (Å²) in [6.45, 7) is 0.312. The molecule has 0 radical (unpaired) electrons. The van der Waals surface area contributed by atoms with Crippen LogP contribution in [-0.2, 0) is 30.6 Å². The number of carbonyl (C=O) groups is 1. The molecular formula is C27H22F4N6O2S. The van der Waals surface area contributed by atoms with Crippen LogP contribution in [0.1, 0.15) is 33.7 Å². The van der Waals surface area contributed by atoms with Gasteiger partial charge >= 0.3 is 6.18 Å². The Hall–Kier alpha value is -3.97. The number of nitrogens with zero attached hydrogens (tertiary/aromatic N) is 6. The number of aryl methyl sites for hydroxylation is 1. The van der Waals surface area contributed by atoms with Crippen LogP contribution in [0.25, 0.3) is 11.8 Å². The smallest absolute Gasteiger partial charge is 0.326 e. The molecule has 1 aromatic carbocycles. The molecule has 8 nitrogen and oxygen atoms in total. The van der Waals surface area contributed by atoms with Crippen LogP contribution in [0.2, 0.25) is 0 Å². The zero-order chi connectivity index (χ0) is 28.2. The van der Waals surface area contributed by atoms with Crippen molar-refractivity contribution in [1.82, 2.24) is 28.6 Å². The molecule has 3 aromatic heterocycles. The monoisotopic (exact) mass is 570 g/mol. The van der Waals surface area contributed by atoms with Crippen molar-refractivity contribution in [2.45, 2.75) is 24.2 Å². The molecule has 0 saturated carbocycles. The molecule has 40 heavy (non-hydrogen) atoms. The molecule has 1 saturated heterocycles. The van der Waals surface area contributed by atoms with E-state index in [1.807, 2.05) is 6.08 Å². The van der Waals surface area contributed by atoms with E-state index in [9.17, 15) is 26.6 Å². The summed E-state index contributed by atoms with van der Waals surface area (Å²) in [5, 5.41) is 4.76. The maximum Gasteiger partial charge on any atom is 0.416 e. The van der Waals surface area contributed by atoms with Gasteiger partial charge in [0.1, 0.15) is 11.5 Å². The van der Waals surface area contributed by atoms with Crippen LogP contribution in [0.4, 0.5) is 17.6 Å². The summed E-state index contributed by atoms with van der Waals surface area (Å²) in [6.07, 6.45) is 3.36. The topological polar surface area (TPSA) is 85.9 Å². The molecule has 206 valence electrons. The van der Waals surface area contributed by atoms with Gasteiger partial charge < -0.3 is 4.57 Å². The lowest BCUT2D eigenvalue weighted by molar-refractivity contribution is -0.137. The Balaban J connectivity index is 1.45. The molecule has 4 heterocycles. The number of ketones is 1. The molecule has 1 aliphatic carbocycles. The summed E-state index contributed by atoms with van der Waals surface area (Å²) in [5.41, 5.74) is 0.0448. The maximum absolute atomic E-state index is 14.2. The number of pyridine rings is 1. The van der Waals surface area contributed by atoms with Crippen molar-refractivity contribution in [2.24, 2.45) is 12.5 Å². The van der Waals surface area contributed by atoms with E-state index >= 15 is 0 Å². The molecule has 2 unspecified atom stereocenters. The number of Topliss-reactive ketones (excluding diaryl/α,β-unsaturated/α-hetero) is 1. The second kappa shape index (κ2) is 9.59. The fourth-order valence-electron chi connectivity index (χ4n) is 5.36. The number of fused-ring (bicyclic) bond motifs is 2. The quantitative estimate of drug-likeness (QED) is 0.262. The number of rotatable bonds is 5. The lowest BCUT2D eigenvalue weighted by Gasteiger charge is -2.44. The van der Waals surface area contributed by atoms with E-state index in [1.54, 1.807) is 45.1 Å². The molecule has 2 aliphatic rings. The summed E-state index contributed by atoms with van der Waals surface area (Å²) in [7, 11) is -0.0103. The Morgan fingerprint density at radius 3 is 2.58 bits per heavy atom. The number of hydrogen-bond donors (Lipinski definition) is 0. The number of halogens is 4. The van der Waals surface area contributed by atoms with Crippen molar-refractivity contribution >= 4 is 22.8 Å². The predicted molar refractivity (Wildman–Crippen MR) is 137 cm³/mol. The molecule has 0 bridgehead atoms. The molecule has 13 heteroatoms. The van der Waals surface area contributed by atoms with E-state index in [-0.39, 0.29) is 18.7 Å². The number of alkyl halides is 3. The number of benzene rings is 1. The summed E-state index contributed by atoms with van der Waals surface area (Å²) in [6, 6.07) is 7.38. The average Bonchev–Trinajstić information content (AvgIpc) is 3.56. The minimum Gasteiger partial charge on any atom is -0.326 e. The summed E-state index contributed by atoms with van der Waals surface area (Å²) in [4.78, 5) is 22.4. The van der Waals surface area contributed by atoms with Crippen LogP contribution in [0.15, 0.2) is 71.9 Å². The first-order valence-corrected chi connectivity index (χ1v) is 13.4. The van der Waals surface area contributed by atoms with Gasteiger partial charge in [0.15, 0.2) is 16.8 Å². The molecule has 1 aliphatic heterocycles. The molecule has 4 aromatic rings. The third-order valence-corrected chi connectivity index (χ3v) is 8.86. The first kappa shape index (κ1) is 26.3. The highest BCUT2D eigenvalue weighted by Crippen LogP contribution is 2.47. The second-order valence-corrected chi connectivity index (χ2v) is 11.2. The van der Waals surface area contributed by atoms with Gasteiger partial charge in [-0.05, 0) is 60.9 Å². The normalized spacial score (nSPS) is 20.0. The Morgan fingerprint density at radius 2 is 1.88 bits per heavy atom. The van der Waals surface area contributed by atoms with Crippen LogP contribution in [0.3, 0.4) is 0 Å². The molecule has 0 amide bonds. The van der Waals surface area contributed by atoms with Gasteiger partial charge in [0, 0.05) is 38.7 Å². The van der Waals surface area contributed by atoms with Crippen molar-refractivity contribution in [3.8, 4) is 5.69 Å². The number of carbonyl (C=O) groups excluding carboxylic acids is 1. The molecule has 2 atom stereocenters. The van der Waals surface area contributed by atoms with Crippen LogP contribution < -0.4 is 0 Å². The lowest BCUT2D eigenvalue weighted by atomic mass is 9.65. The van der Waals surface area contributed by atoms with Gasteiger partial charge in [-0.15, -0.1) is 0 Å².